The molecule has 1 unspecified atom stereocenters. The molecule has 1 atom stereocenters. The van der Waals surface area contributed by atoms with Crippen molar-refractivity contribution in [2.24, 2.45) is 0 Å². The van der Waals surface area contributed by atoms with Crippen LogP contribution < -0.4 is 0 Å². The van der Waals surface area contributed by atoms with Gasteiger partial charge in [0.25, 0.3) is 0 Å². The van der Waals surface area contributed by atoms with Crippen LogP contribution in [-0.2, 0) is 13.3 Å². The Hall–Kier alpha value is 0.577. The highest BCUT2D eigenvalue weighted by Crippen LogP contribution is 2.24. The average Bonchev–Trinajstić information content (AvgIpc) is 2.18. The van der Waals surface area contributed by atoms with Crippen LogP contribution in [-0.4, -0.2) is 33.5 Å². The highest BCUT2D eigenvalue weighted by Gasteiger charge is 2.41. The molecule has 0 aromatic rings. The molecule has 3 nitrogen and oxygen atoms in total. The lowest BCUT2D eigenvalue weighted by Crippen LogP contribution is -2.47. The van der Waals surface area contributed by atoms with E-state index in [1.807, 2.05) is 20.8 Å². The Balaban J connectivity index is 4.44. The van der Waals surface area contributed by atoms with Gasteiger partial charge in [-0.25, -0.2) is 0 Å². The first-order valence-corrected chi connectivity index (χ1v) is 9.04. The molecule has 5 heteroatoms. The van der Waals surface area contributed by atoms with E-state index in [2.05, 4.69) is 22.9 Å². The van der Waals surface area contributed by atoms with E-state index in [4.69, 9.17) is 13.3 Å². The van der Waals surface area contributed by atoms with Crippen LogP contribution >= 0.6 is 15.9 Å². The van der Waals surface area contributed by atoms with Gasteiger partial charge in [-0.1, -0.05) is 29.3 Å². The normalized spacial score (nSPS) is 14.1. The summed E-state index contributed by atoms with van der Waals surface area (Å²) in [6.45, 7) is 10.1. The second-order valence-corrected chi connectivity index (χ2v) is 7.51. The molecule has 0 saturated carbocycles. The third kappa shape index (κ3) is 6.35. The lowest BCUT2D eigenvalue weighted by molar-refractivity contribution is 0.0712. The summed E-state index contributed by atoms with van der Waals surface area (Å²) < 4.78 is 17.4. The highest BCUT2D eigenvalue weighted by molar-refractivity contribution is 9.09. The smallest absolute Gasteiger partial charge is 0.374 e. The van der Waals surface area contributed by atoms with Gasteiger partial charge in [-0.3, -0.25) is 0 Å². The Morgan fingerprint density at radius 1 is 0.938 bits per heavy atom. The number of halogens is 1. The summed E-state index contributed by atoms with van der Waals surface area (Å²) in [5.41, 5.74) is 0. The maximum Gasteiger partial charge on any atom is 0.502 e. The van der Waals surface area contributed by atoms with Gasteiger partial charge in [-0.05, 0) is 27.2 Å². The number of hydrogen-bond acceptors (Lipinski definition) is 3. The SMILES string of the molecule is CCCC(Br)C[Si](OCC)(OCC)OCC. The van der Waals surface area contributed by atoms with Crippen molar-refractivity contribution < 1.29 is 13.3 Å². The molecule has 0 bridgehead atoms. The maximum atomic E-state index is 5.79. The van der Waals surface area contributed by atoms with Crippen molar-refractivity contribution in [3.63, 3.8) is 0 Å². The molecule has 0 spiro atoms. The van der Waals surface area contributed by atoms with Gasteiger partial charge in [-0.15, -0.1) is 0 Å². The van der Waals surface area contributed by atoms with Crippen LogP contribution in [0.3, 0.4) is 0 Å². The van der Waals surface area contributed by atoms with Crippen molar-refractivity contribution in [1.29, 1.82) is 0 Å². The number of hydrogen-bond donors (Lipinski definition) is 0. The fourth-order valence-corrected chi connectivity index (χ4v) is 5.97. The van der Waals surface area contributed by atoms with Gasteiger partial charge in [0.15, 0.2) is 0 Å². The van der Waals surface area contributed by atoms with Crippen molar-refractivity contribution in [1.82, 2.24) is 0 Å². The molecule has 0 N–H and O–H groups in total. The zero-order chi connectivity index (χ0) is 12.4. The molecule has 98 valence electrons. The van der Waals surface area contributed by atoms with Crippen LogP contribution in [0.4, 0.5) is 0 Å². The Morgan fingerprint density at radius 2 is 1.38 bits per heavy atom. The lowest BCUT2D eigenvalue weighted by atomic mass is 10.3. The minimum Gasteiger partial charge on any atom is -0.374 e. The molecular formula is C11H25BrO3Si. The van der Waals surface area contributed by atoms with E-state index in [9.17, 15) is 0 Å². The van der Waals surface area contributed by atoms with Crippen LogP contribution in [0.15, 0.2) is 0 Å². The fraction of sp³-hybridized carbons (Fsp3) is 1.00. The predicted molar refractivity (Wildman–Crippen MR) is 73.1 cm³/mol. The minimum atomic E-state index is -2.44. The van der Waals surface area contributed by atoms with Crippen LogP contribution in [0.1, 0.15) is 40.5 Å². The van der Waals surface area contributed by atoms with E-state index in [-0.39, 0.29) is 0 Å². The average molecular weight is 313 g/mol. The lowest BCUT2D eigenvalue weighted by Gasteiger charge is -2.30. The second-order valence-electron chi connectivity index (χ2n) is 3.57. The van der Waals surface area contributed by atoms with Crippen LogP contribution in [0.5, 0.6) is 0 Å². The topological polar surface area (TPSA) is 27.7 Å². The number of alkyl halides is 1. The minimum absolute atomic E-state index is 0.425. The van der Waals surface area contributed by atoms with Gasteiger partial charge in [0.1, 0.15) is 0 Å². The molecule has 0 heterocycles. The molecule has 0 aromatic heterocycles. The van der Waals surface area contributed by atoms with Gasteiger partial charge in [0, 0.05) is 30.7 Å². The van der Waals surface area contributed by atoms with Gasteiger partial charge in [0.2, 0.25) is 0 Å². The van der Waals surface area contributed by atoms with E-state index in [1.165, 1.54) is 0 Å². The quantitative estimate of drug-likeness (QED) is 0.455. The Labute approximate surface area is 109 Å². The van der Waals surface area contributed by atoms with Crippen LogP contribution in [0.25, 0.3) is 0 Å². The fourth-order valence-electron chi connectivity index (χ4n) is 1.65. The highest BCUT2D eigenvalue weighted by atomic mass is 79.9. The molecule has 0 fully saturated rings. The van der Waals surface area contributed by atoms with Crippen molar-refractivity contribution in [3.05, 3.63) is 0 Å². The molecule has 0 saturated heterocycles. The van der Waals surface area contributed by atoms with E-state index in [0.29, 0.717) is 24.6 Å². The molecule has 0 amide bonds. The standard InChI is InChI=1S/C11H25BrO3Si/c1-5-9-11(12)10-16(13-6-2,14-7-3)15-8-4/h11H,5-10H2,1-4H3. The summed E-state index contributed by atoms with van der Waals surface area (Å²) in [5, 5.41) is 0. The number of rotatable bonds is 10. The van der Waals surface area contributed by atoms with E-state index >= 15 is 0 Å². The molecule has 0 aliphatic rings. The molecular weight excluding hydrogens is 288 g/mol. The first kappa shape index (κ1) is 16.6. The Bertz CT molecular complexity index is 152. The summed E-state index contributed by atoms with van der Waals surface area (Å²) in [5.74, 6) is 0. The second kappa shape index (κ2) is 9.59. The predicted octanol–water partition coefficient (Wildman–Crippen LogP) is 3.60. The van der Waals surface area contributed by atoms with Gasteiger partial charge in [-0.2, -0.15) is 0 Å². The van der Waals surface area contributed by atoms with Crippen LogP contribution in [0, 0.1) is 0 Å². The molecule has 0 rings (SSSR count). The molecule has 0 radical (unpaired) electrons. The first-order chi connectivity index (χ1) is 7.64. The van der Waals surface area contributed by atoms with Crippen molar-refractivity contribution in [3.8, 4) is 0 Å². The third-order valence-electron chi connectivity index (χ3n) is 2.17. The van der Waals surface area contributed by atoms with Crippen molar-refractivity contribution in [2.45, 2.75) is 51.4 Å². The molecule has 0 aliphatic carbocycles. The summed E-state index contributed by atoms with van der Waals surface area (Å²) in [6, 6.07) is 0.858. The maximum absolute atomic E-state index is 5.79. The van der Waals surface area contributed by atoms with E-state index in [1.54, 1.807) is 0 Å². The Morgan fingerprint density at radius 3 is 1.69 bits per heavy atom. The molecule has 0 aliphatic heterocycles. The summed E-state index contributed by atoms with van der Waals surface area (Å²) in [4.78, 5) is 0.425. The van der Waals surface area contributed by atoms with Gasteiger partial charge in [0.05, 0.1) is 0 Å². The van der Waals surface area contributed by atoms with Gasteiger partial charge < -0.3 is 13.3 Å². The third-order valence-corrected chi connectivity index (χ3v) is 6.72. The van der Waals surface area contributed by atoms with Crippen molar-refractivity contribution in [2.75, 3.05) is 19.8 Å². The van der Waals surface area contributed by atoms with E-state index < -0.39 is 8.80 Å². The zero-order valence-corrected chi connectivity index (χ0v) is 13.5. The van der Waals surface area contributed by atoms with E-state index in [0.717, 1.165) is 18.9 Å². The van der Waals surface area contributed by atoms with Crippen molar-refractivity contribution >= 4 is 24.7 Å². The molecule has 16 heavy (non-hydrogen) atoms. The molecule has 0 aromatic carbocycles. The summed E-state index contributed by atoms with van der Waals surface area (Å²) in [7, 11) is -2.44. The van der Waals surface area contributed by atoms with Gasteiger partial charge >= 0.3 is 8.80 Å². The van der Waals surface area contributed by atoms with Crippen LogP contribution in [0.2, 0.25) is 6.04 Å². The zero-order valence-electron chi connectivity index (χ0n) is 10.9. The largest absolute Gasteiger partial charge is 0.502 e. The summed E-state index contributed by atoms with van der Waals surface area (Å²) in [6.07, 6.45) is 2.28. The first-order valence-electron chi connectivity index (χ1n) is 6.20. The monoisotopic (exact) mass is 312 g/mol. The summed E-state index contributed by atoms with van der Waals surface area (Å²) >= 11 is 3.68. The Kier molecular flexibility index (Phi) is 9.94.